The molecule has 0 saturated carbocycles. The number of alkyl halides is 3. The Balaban J connectivity index is 1.84. The first-order chi connectivity index (χ1) is 14.7. The molecule has 0 saturated heterocycles. The second kappa shape index (κ2) is 8.92. The van der Waals surface area contributed by atoms with Crippen LogP contribution in [0, 0.1) is 12.3 Å². The van der Waals surface area contributed by atoms with Gasteiger partial charge in [-0.25, -0.2) is 9.67 Å². The van der Waals surface area contributed by atoms with Crippen LogP contribution in [0.1, 0.15) is 41.4 Å². The smallest absolute Gasteiger partial charge is 0.417 e. The van der Waals surface area contributed by atoms with Gasteiger partial charge in [-0.15, -0.1) is 6.42 Å². The van der Waals surface area contributed by atoms with Crippen molar-refractivity contribution < 1.29 is 22.7 Å². The van der Waals surface area contributed by atoms with E-state index in [9.17, 15) is 18.0 Å². The van der Waals surface area contributed by atoms with Crippen LogP contribution in [0.3, 0.4) is 0 Å². The van der Waals surface area contributed by atoms with E-state index in [-0.39, 0.29) is 18.3 Å². The van der Waals surface area contributed by atoms with Crippen LogP contribution in [0.2, 0.25) is 0 Å². The standard InChI is InChI=1S/C22H19F3N4O2/c1-4-11-31-17-8-6-16(7-9-17)28-21(30)18-13-27-29(20(18)14(2)3)19-10-5-15(12-26-19)22(23,24)25/h1,5-10,12-14H,11H2,2-3H3,(H,28,30). The summed E-state index contributed by atoms with van der Waals surface area (Å²) in [5.74, 6) is 2.57. The molecule has 160 valence electrons. The Hall–Kier alpha value is -3.80. The third-order valence-corrected chi connectivity index (χ3v) is 4.32. The predicted molar refractivity (Wildman–Crippen MR) is 109 cm³/mol. The zero-order valence-corrected chi connectivity index (χ0v) is 16.8. The average molecular weight is 428 g/mol. The van der Waals surface area contributed by atoms with Crippen LogP contribution in [0.25, 0.3) is 5.82 Å². The molecule has 0 spiro atoms. The number of nitrogens with one attached hydrogen (secondary N) is 1. The molecule has 0 fully saturated rings. The quantitative estimate of drug-likeness (QED) is 0.579. The van der Waals surface area contributed by atoms with Gasteiger partial charge in [0.25, 0.3) is 5.91 Å². The Bertz CT molecular complexity index is 1100. The van der Waals surface area contributed by atoms with E-state index in [0.717, 1.165) is 12.3 Å². The minimum atomic E-state index is -4.48. The van der Waals surface area contributed by atoms with Crippen LogP contribution in [-0.4, -0.2) is 27.3 Å². The third kappa shape index (κ3) is 5.04. The molecule has 0 aliphatic carbocycles. The van der Waals surface area contributed by atoms with Crippen molar-refractivity contribution in [1.29, 1.82) is 0 Å². The lowest BCUT2D eigenvalue weighted by Crippen LogP contribution is -2.16. The molecular formula is C22H19F3N4O2. The molecule has 0 radical (unpaired) electrons. The Kier molecular flexibility index (Phi) is 6.30. The number of halogens is 3. The van der Waals surface area contributed by atoms with Gasteiger partial charge in [-0.3, -0.25) is 4.79 Å². The molecule has 6 nitrogen and oxygen atoms in total. The molecule has 3 aromatic rings. The second-order valence-electron chi connectivity index (χ2n) is 6.88. The average Bonchev–Trinajstić information content (AvgIpc) is 3.18. The summed E-state index contributed by atoms with van der Waals surface area (Å²) in [6.07, 6.45) is 2.78. The van der Waals surface area contributed by atoms with Gasteiger partial charge in [0.15, 0.2) is 5.82 Å². The number of carbonyl (C=O) groups excluding carboxylic acids is 1. The fourth-order valence-electron chi connectivity index (χ4n) is 2.91. The van der Waals surface area contributed by atoms with Gasteiger partial charge in [0.1, 0.15) is 12.4 Å². The molecule has 0 aliphatic heterocycles. The summed E-state index contributed by atoms with van der Waals surface area (Å²) in [7, 11) is 0. The number of rotatable bonds is 6. The number of pyridine rings is 1. The van der Waals surface area contributed by atoms with E-state index in [1.165, 1.54) is 16.9 Å². The van der Waals surface area contributed by atoms with Gasteiger partial charge in [0.05, 0.1) is 23.0 Å². The molecule has 0 bridgehead atoms. The van der Waals surface area contributed by atoms with Gasteiger partial charge < -0.3 is 10.1 Å². The second-order valence-corrected chi connectivity index (χ2v) is 6.88. The highest BCUT2D eigenvalue weighted by molar-refractivity contribution is 6.05. The minimum Gasteiger partial charge on any atom is -0.481 e. The number of anilines is 1. The first-order valence-electron chi connectivity index (χ1n) is 9.30. The van der Waals surface area contributed by atoms with Crippen molar-refractivity contribution in [3.05, 3.63) is 65.6 Å². The lowest BCUT2D eigenvalue weighted by molar-refractivity contribution is -0.137. The Morgan fingerprint density at radius 2 is 1.90 bits per heavy atom. The number of amides is 1. The van der Waals surface area contributed by atoms with Crippen LogP contribution in [0.15, 0.2) is 48.8 Å². The van der Waals surface area contributed by atoms with Crippen LogP contribution in [-0.2, 0) is 6.18 Å². The van der Waals surface area contributed by atoms with Gasteiger partial charge >= 0.3 is 6.18 Å². The maximum absolute atomic E-state index is 12.8. The summed E-state index contributed by atoms with van der Waals surface area (Å²) in [6.45, 7) is 3.85. The first kappa shape index (κ1) is 21.9. The van der Waals surface area contributed by atoms with Crippen LogP contribution in [0.4, 0.5) is 18.9 Å². The van der Waals surface area contributed by atoms with E-state index in [2.05, 4.69) is 21.3 Å². The van der Waals surface area contributed by atoms with Crippen molar-refractivity contribution in [3.63, 3.8) is 0 Å². The number of carbonyl (C=O) groups is 1. The minimum absolute atomic E-state index is 0.140. The first-order valence-corrected chi connectivity index (χ1v) is 9.30. The predicted octanol–water partition coefficient (Wildman–Crippen LogP) is 4.67. The highest BCUT2D eigenvalue weighted by Crippen LogP contribution is 2.29. The maximum Gasteiger partial charge on any atom is 0.417 e. The highest BCUT2D eigenvalue weighted by atomic mass is 19.4. The zero-order chi connectivity index (χ0) is 22.6. The maximum atomic E-state index is 12.8. The van der Waals surface area contributed by atoms with Gasteiger partial charge in [-0.1, -0.05) is 19.8 Å². The number of hydrogen-bond acceptors (Lipinski definition) is 4. The van der Waals surface area contributed by atoms with E-state index in [0.29, 0.717) is 22.7 Å². The molecule has 1 amide bonds. The Morgan fingerprint density at radius 3 is 2.45 bits per heavy atom. The number of benzene rings is 1. The highest BCUT2D eigenvalue weighted by Gasteiger charge is 2.31. The lowest BCUT2D eigenvalue weighted by atomic mass is 10.1. The molecule has 2 aromatic heterocycles. The van der Waals surface area contributed by atoms with Crippen molar-refractivity contribution >= 4 is 11.6 Å². The number of hydrogen-bond donors (Lipinski definition) is 1. The molecule has 1 aromatic carbocycles. The monoisotopic (exact) mass is 428 g/mol. The van der Waals surface area contributed by atoms with E-state index in [4.69, 9.17) is 11.2 Å². The third-order valence-electron chi connectivity index (χ3n) is 4.32. The van der Waals surface area contributed by atoms with Crippen molar-refractivity contribution in [3.8, 4) is 23.9 Å². The van der Waals surface area contributed by atoms with Crippen molar-refractivity contribution in [2.45, 2.75) is 25.9 Å². The molecule has 31 heavy (non-hydrogen) atoms. The van der Waals surface area contributed by atoms with E-state index < -0.39 is 17.6 Å². The topological polar surface area (TPSA) is 69.0 Å². The zero-order valence-electron chi connectivity index (χ0n) is 16.8. The largest absolute Gasteiger partial charge is 0.481 e. The summed E-state index contributed by atoms with van der Waals surface area (Å²) in [4.78, 5) is 16.7. The molecular weight excluding hydrogens is 409 g/mol. The van der Waals surface area contributed by atoms with Crippen molar-refractivity contribution in [2.24, 2.45) is 0 Å². The summed E-state index contributed by atoms with van der Waals surface area (Å²) in [5.41, 5.74) is 0.499. The van der Waals surface area contributed by atoms with E-state index >= 15 is 0 Å². The fourth-order valence-corrected chi connectivity index (χ4v) is 2.91. The van der Waals surface area contributed by atoms with Gasteiger partial charge in [-0.2, -0.15) is 18.3 Å². The van der Waals surface area contributed by atoms with Crippen LogP contribution >= 0.6 is 0 Å². The SMILES string of the molecule is C#CCOc1ccc(NC(=O)c2cnn(-c3ccc(C(F)(F)F)cn3)c2C(C)C)cc1. The molecule has 9 heteroatoms. The normalized spacial score (nSPS) is 11.3. The van der Waals surface area contributed by atoms with Crippen LogP contribution in [0.5, 0.6) is 5.75 Å². The molecule has 0 atom stereocenters. The molecule has 0 unspecified atom stereocenters. The summed E-state index contributed by atoms with van der Waals surface area (Å²) in [5, 5.41) is 6.96. The summed E-state index contributed by atoms with van der Waals surface area (Å²) in [6, 6.07) is 8.83. The molecule has 3 rings (SSSR count). The van der Waals surface area contributed by atoms with Crippen molar-refractivity contribution in [2.75, 3.05) is 11.9 Å². The Morgan fingerprint density at radius 1 is 1.19 bits per heavy atom. The number of aromatic nitrogens is 3. The molecule has 2 heterocycles. The summed E-state index contributed by atoms with van der Waals surface area (Å²) >= 11 is 0. The molecule has 1 N–H and O–H groups in total. The number of nitrogens with zero attached hydrogens (tertiary/aromatic N) is 3. The fraction of sp³-hybridized carbons (Fsp3) is 0.227. The van der Waals surface area contributed by atoms with E-state index in [1.807, 2.05) is 13.8 Å². The Labute approximate surface area is 177 Å². The summed E-state index contributed by atoms with van der Waals surface area (Å²) < 4.78 is 45.1. The number of terminal acetylenes is 1. The number of ether oxygens (including phenoxy) is 1. The molecule has 0 aliphatic rings. The van der Waals surface area contributed by atoms with Gasteiger partial charge in [0, 0.05) is 11.9 Å². The van der Waals surface area contributed by atoms with Crippen molar-refractivity contribution in [1.82, 2.24) is 14.8 Å². The van der Waals surface area contributed by atoms with E-state index in [1.54, 1.807) is 24.3 Å². The van der Waals surface area contributed by atoms with Gasteiger partial charge in [-0.05, 0) is 42.3 Å². The van der Waals surface area contributed by atoms with Crippen LogP contribution < -0.4 is 10.1 Å². The lowest BCUT2D eigenvalue weighted by Gasteiger charge is -2.13. The van der Waals surface area contributed by atoms with Gasteiger partial charge in [0.2, 0.25) is 0 Å².